The second-order valence-electron chi connectivity index (χ2n) is 3.65. The molecule has 9 heteroatoms. The lowest BCUT2D eigenvalue weighted by molar-refractivity contribution is -0.387. The van der Waals surface area contributed by atoms with Gasteiger partial charge in [-0.15, -0.1) is 0 Å². The number of hydrogen-bond acceptors (Lipinski definition) is 5. The Balaban J connectivity index is 2.12. The predicted molar refractivity (Wildman–Crippen MR) is 61.9 cm³/mol. The Bertz CT molecular complexity index is 614. The standard InChI is InChI=1S/C10H7FN4O4/c11-6-3-5(1-2-8(6)15(18)19)12-10(17)7-4-9(16)14-13-7/h1-3H,4H2,(H,12,17)(H,14,16). The molecule has 0 aromatic heterocycles. The van der Waals surface area contributed by atoms with Gasteiger partial charge >= 0.3 is 5.69 Å². The van der Waals surface area contributed by atoms with Crippen molar-refractivity contribution in [3.8, 4) is 0 Å². The monoisotopic (exact) mass is 266 g/mol. The van der Waals surface area contributed by atoms with Crippen LogP contribution in [-0.4, -0.2) is 22.4 Å². The number of nitrogens with zero attached hydrogens (tertiary/aromatic N) is 2. The van der Waals surface area contributed by atoms with Crippen LogP contribution in [0.3, 0.4) is 0 Å². The minimum atomic E-state index is -1.06. The lowest BCUT2D eigenvalue weighted by atomic mass is 10.2. The first-order valence-electron chi connectivity index (χ1n) is 5.08. The fraction of sp³-hybridized carbons (Fsp3) is 0.100. The number of benzene rings is 1. The van der Waals surface area contributed by atoms with Crippen LogP contribution in [0, 0.1) is 15.9 Å². The number of nitro benzene ring substituents is 1. The predicted octanol–water partition coefficient (Wildman–Crippen LogP) is 0.548. The highest BCUT2D eigenvalue weighted by atomic mass is 19.1. The van der Waals surface area contributed by atoms with Crippen molar-refractivity contribution in [3.63, 3.8) is 0 Å². The van der Waals surface area contributed by atoms with Crippen LogP contribution < -0.4 is 10.7 Å². The summed E-state index contributed by atoms with van der Waals surface area (Å²) in [6, 6.07) is 2.94. The fourth-order valence-corrected chi connectivity index (χ4v) is 1.43. The van der Waals surface area contributed by atoms with Crippen LogP contribution in [0.2, 0.25) is 0 Å². The fourth-order valence-electron chi connectivity index (χ4n) is 1.43. The minimum absolute atomic E-state index is 0.0372. The van der Waals surface area contributed by atoms with Crippen molar-refractivity contribution in [2.75, 3.05) is 5.32 Å². The van der Waals surface area contributed by atoms with Gasteiger partial charge in [0, 0.05) is 17.8 Å². The number of hydrazone groups is 1. The van der Waals surface area contributed by atoms with E-state index in [0.29, 0.717) is 0 Å². The summed E-state index contributed by atoms with van der Waals surface area (Å²) in [5.74, 6) is -2.16. The average Bonchev–Trinajstić information content (AvgIpc) is 2.75. The lowest BCUT2D eigenvalue weighted by Gasteiger charge is -2.04. The second kappa shape index (κ2) is 4.80. The van der Waals surface area contributed by atoms with Gasteiger partial charge in [-0.3, -0.25) is 19.7 Å². The number of amides is 2. The molecular weight excluding hydrogens is 259 g/mol. The molecule has 0 saturated carbocycles. The van der Waals surface area contributed by atoms with Crippen molar-refractivity contribution in [2.45, 2.75) is 6.42 Å². The normalized spacial score (nSPS) is 13.7. The molecule has 0 bridgehead atoms. The van der Waals surface area contributed by atoms with Crippen molar-refractivity contribution in [1.29, 1.82) is 0 Å². The largest absolute Gasteiger partial charge is 0.321 e. The molecule has 0 saturated heterocycles. The molecule has 0 aliphatic carbocycles. The molecule has 0 fully saturated rings. The molecule has 0 atom stereocenters. The number of carbonyl (C=O) groups excluding carboxylic acids is 2. The Morgan fingerprint density at radius 1 is 1.53 bits per heavy atom. The van der Waals surface area contributed by atoms with Crippen LogP contribution in [0.5, 0.6) is 0 Å². The van der Waals surface area contributed by atoms with E-state index < -0.39 is 28.2 Å². The number of halogens is 1. The summed E-state index contributed by atoms with van der Waals surface area (Å²) in [7, 11) is 0. The molecule has 2 N–H and O–H groups in total. The molecule has 0 spiro atoms. The van der Waals surface area contributed by atoms with Crippen LogP contribution >= 0.6 is 0 Å². The number of nitrogens with one attached hydrogen (secondary N) is 2. The Labute approximate surface area is 105 Å². The Hall–Kier alpha value is -2.84. The highest BCUT2D eigenvalue weighted by molar-refractivity contribution is 6.46. The zero-order valence-electron chi connectivity index (χ0n) is 9.34. The van der Waals surface area contributed by atoms with Crippen LogP contribution in [0.4, 0.5) is 15.8 Å². The highest BCUT2D eigenvalue weighted by Crippen LogP contribution is 2.20. The van der Waals surface area contributed by atoms with E-state index in [2.05, 4.69) is 15.8 Å². The van der Waals surface area contributed by atoms with Crippen molar-refractivity contribution in [2.24, 2.45) is 5.10 Å². The van der Waals surface area contributed by atoms with Gasteiger partial charge in [-0.2, -0.15) is 9.49 Å². The van der Waals surface area contributed by atoms with E-state index in [-0.39, 0.29) is 17.8 Å². The van der Waals surface area contributed by atoms with Crippen molar-refractivity contribution in [3.05, 3.63) is 34.1 Å². The van der Waals surface area contributed by atoms with Crippen LogP contribution in [-0.2, 0) is 9.59 Å². The summed E-state index contributed by atoms with van der Waals surface area (Å²) in [6.45, 7) is 0. The van der Waals surface area contributed by atoms with E-state index in [1.165, 1.54) is 6.07 Å². The van der Waals surface area contributed by atoms with Gasteiger partial charge in [-0.05, 0) is 6.07 Å². The summed E-state index contributed by atoms with van der Waals surface area (Å²) >= 11 is 0. The maximum absolute atomic E-state index is 13.3. The summed E-state index contributed by atoms with van der Waals surface area (Å²) in [6.07, 6.45) is -0.165. The van der Waals surface area contributed by atoms with E-state index in [9.17, 15) is 24.1 Å². The number of rotatable bonds is 3. The van der Waals surface area contributed by atoms with Crippen molar-refractivity contribution < 1.29 is 18.9 Å². The van der Waals surface area contributed by atoms with E-state index >= 15 is 0 Å². The summed E-state index contributed by atoms with van der Waals surface area (Å²) in [5, 5.41) is 16.2. The molecule has 0 unspecified atom stereocenters. The van der Waals surface area contributed by atoms with Gasteiger partial charge in [-0.25, -0.2) is 5.43 Å². The first kappa shape index (κ1) is 12.6. The average molecular weight is 266 g/mol. The minimum Gasteiger partial charge on any atom is -0.321 e. The zero-order chi connectivity index (χ0) is 14.0. The van der Waals surface area contributed by atoms with E-state index in [0.717, 1.165) is 12.1 Å². The van der Waals surface area contributed by atoms with Crippen molar-refractivity contribution >= 4 is 28.9 Å². The van der Waals surface area contributed by atoms with Gasteiger partial charge in [0.2, 0.25) is 11.7 Å². The molecule has 2 rings (SSSR count). The Morgan fingerprint density at radius 3 is 2.79 bits per heavy atom. The topological polar surface area (TPSA) is 114 Å². The van der Waals surface area contributed by atoms with Gasteiger partial charge in [-0.1, -0.05) is 0 Å². The maximum Gasteiger partial charge on any atom is 0.304 e. The van der Waals surface area contributed by atoms with Crippen LogP contribution in [0.1, 0.15) is 6.42 Å². The lowest BCUT2D eigenvalue weighted by Crippen LogP contribution is -2.22. The first-order valence-corrected chi connectivity index (χ1v) is 5.08. The highest BCUT2D eigenvalue weighted by Gasteiger charge is 2.22. The molecule has 1 aliphatic rings. The van der Waals surface area contributed by atoms with Gasteiger partial charge < -0.3 is 5.32 Å². The molecule has 1 aromatic rings. The van der Waals surface area contributed by atoms with Gasteiger partial charge in [0.15, 0.2) is 0 Å². The van der Waals surface area contributed by atoms with Crippen LogP contribution in [0.25, 0.3) is 0 Å². The SMILES string of the molecule is O=C1CC(C(=O)Nc2ccc([N+](=O)[O-])c(F)c2)=NN1. The maximum atomic E-state index is 13.3. The second-order valence-corrected chi connectivity index (χ2v) is 3.65. The van der Waals surface area contributed by atoms with E-state index in [1.807, 2.05) is 0 Å². The molecule has 1 aromatic carbocycles. The van der Waals surface area contributed by atoms with Crippen LogP contribution in [0.15, 0.2) is 23.3 Å². The van der Waals surface area contributed by atoms with Crippen molar-refractivity contribution in [1.82, 2.24) is 5.43 Å². The number of anilines is 1. The van der Waals surface area contributed by atoms with Gasteiger partial charge in [0.1, 0.15) is 5.71 Å². The Kier molecular flexibility index (Phi) is 3.19. The van der Waals surface area contributed by atoms with Gasteiger partial charge in [0.25, 0.3) is 5.91 Å². The zero-order valence-corrected chi connectivity index (χ0v) is 9.34. The molecule has 2 amide bonds. The molecule has 98 valence electrons. The number of carbonyl (C=O) groups is 2. The molecule has 19 heavy (non-hydrogen) atoms. The van der Waals surface area contributed by atoms with E-state index in [4.69, 9.17) is 0 Å². The molecule has 8 nitrogen and oxygen atoms in total. The molecule has 1 aliphatic heterocycles. The summed E-state index contributed by atoms with van der Waals surface area (Å²) < 4.78 is 13.3. The Morgan fingerprint density at radius 2 is 2.26 bits per heavy atom. The molecule has 0 radical (unpaired) electrons. The van der Waals surface area contributed by atoms with E-state index in [1.54, 1.807) is 0 Å². The molecule has 1 heterocycles. The number of nitro groups is 1. The van der Waals surface area contributed by atoms with Gasteiger partial charge in [0.05, 0.1) is 11.3 Å². The third kappa shape index (κ3) is 2.70. The summed E-state index contributed by atoms with van der Waals surface area (Å²) in [5.41, 5.74) is 1.41. The first-order chi connectivity index (χ1) is 8.97. The molecular formula is C10H7FN4O4. The smallest absolute Gasteiger partial charge is 0.304 e. The number of hydrogen-bond donors (Lipinski definition) is 2. The summed E-state index contributed by atoms with van der Waals surface area (Å²) in [4.78, 5) is 32.0. The quantitative estimate of drug-likeness (QED) is 0.614. The third-order valence-corrected chi connectivity index (χ3v) is 2.31. The third-order valence-electron chi connectivity index (χ3n) is 2.31.